The third kappa shape index (κ3) is 2.35. The molecular weight excluding hydrogens is 178 g/mol. The van der Waals surface area contributed by atoms with Crippen molar-refractivity contribution in [2.24, 2.45) is 12.8 Å². The zero-order valence-corrected chi connectivity index (χ0v) is 8.87. The summed E-state index contributed by atoms with van der Waals surface area (Å²) >= 11 is 0. The predicted octanol–water partition coefficient (Wildman–Crippen LogP) is 0.379. The smallest absolute Gasteiger partial charge is 0.237 e. The van der Waals surface area contributed by atoms with Crippen molar-refractivity contribution in [3.05, 3.63) is 24.0 Å². The van der Waals surface area contributed by atoms with Gasteiger partial charge in [0, 0.05) is 25.5 Å². The molecule has 0 radical (unpaired) electrons. The molecule has 0 aliphatic rings. The lowest BCUT2D eigenvalue weighted by atomic mass is 10.1. The molecule has 0 aromatic carbocycles. The summed E-state index contributed by atoms with van der Waals surface area (Å²) in [7, 11) is 1.97. The molecule has 0 fully saturated rings. The van der Waals surface area contributed by atoms with Gasteiger partial charge in [0.15, 0.2) is 0 Å². The Labute approximate surface area is 84.1 Å². The lowest BCUT2D eigenvalue weighted by Gasteiger charge is -2.22. The summed E-state index contributed by atoms with van der Waals surface area (Å²) in [5, 5.41) is 3.11. The zero-order chi connectivity index (χ0) is 10.8. The summed E-state index contributed by atoms with van der Waals surface area (Å²) in [6, 6.07) is 3.97. The van der Waals surface area contributed by atoms with E-state index in [1.165, 1.54) is 0 Å². The van der Waals surface area contributed by atoms with E-state index in [9.17, 15) is 4.79 Å². The molecule has 0 saturated heterocycles. The SMILES string of the molecule is Cn1cccc1CNC(C)(C)C(N)=O. The zero-order valence-electron chi connectivity index (χ0n) is 8.87. The number of aromatic nitrogens is 1. The molecule has 0 unspecified atom stereocenters. The van der Waals surface area contributed by atoms with Crippen molar-refractivity contribution in [2.75, 3.05) is 0 Å². The number of primary amides is 1. The predicted molar refractivity (Wildman–Crippen MR) is 55.5 cm³/mol. The largest absolute Gasteiger partial charge is 0.368 e. The van der Waals surface area contributed by atoms with Gasteiger partial charge in [-0.25, -0.2) is 0 Å². The fourth-order valence-corrected chi connectivity index (χ4v) is 1.08. The maximum absolute atomic E-state index is 11.0. The highest BCUT2D eigenvalue weighted by molar-refractivity contribution is 5.83. The van der Waals surface area contributed by atoms with Crippen molar-refractivity contribution in [3.8, 4) is 0 Å². The monoisotopic (exact) mass is 195 g/mol. The molecule has 1 rings (SSSR count). The highest BCUT2D eigenvalue weighted by Gasteiger charge is 2.23. The minimum absolute atomic E-state index is 0.341. The van der Waals surface area contributed by atoms with Crippen LogP contribution in [0, 0.1) is 0 Å². The van der Waals surface area contributed by atoms with E-state index >= 15 is 0 Å². The van der Waals surface area contributed by atoms with Gasteiger partial charge in [0.1, 0.15) is 0 Å². The Hall–Kier alpha value is -1.29. The van der Waals surface area contributed by atoms with Crippen molar-refractivity contribution < 1.29 is 4.79 Å². The first-order chi connectivity index (χ1) is 6.43. The van der Waals surface area contributed by atoms with Crippen LogP contribution in [0.15, 0.2) is 18.3 Å². The van der Waals surface area contributed by atoms with Gasteiger partial charge in [-0.3, -0.25) is 10.1 Å². The molecule has 0 aliphatic carbocycles. The fraction of sp³-hybridized carbons (Fsp3) is 0.500. The van der Waals surface area contributed by atoms with Gasteiger partial charge in [-0.05, 0) is 26.0 Å². The first kappa shape index (κ1) is 10.8. The van der Waals surface area contributed by atoms with Gasteiger partial charge in [0.2, 0.25) is 5.91 Å². The molecule has 1 amide bonds. The van der Waals surface area contributed by atoms with Crippen molar-refractivity contribution in [1.29, 1.82) is 0 Å². The van der Waals surface area contributed by atoms with E-state index < -0.39 is 5.54 Å². The molecule has 1 aromatic heterocycles. The van der Waals surface area contributed by atoms with Crippen LogP contribution in [0.1, 0.15) is 19.5 Å². The van der Waals surface area contributed by atoms with E-state index in [2.05, 4.69) is 5.32 Å². The van der Waals surface area contributed by atoms with Gasteiger partial charge in [-0.1, -0.05) is 0 Å². The number of hydrogen-bond acceptors (Lipinski definition) is 2. The Morgan fingerprint density at radius 1 is 1.64 bits per heavy atom. The molecular formula is C10H17N3O. The molecule has 0 saturated carbocycles. The lowest BCUT2D eigenvalue weighted by molar-refractivity contribution is -0.123. The van der Waals surface area contributed by atoms with Crippen LogP contribution in [-0.2, 0) is 18.4 Å². The number of carbonyl (C=O) groups is 1. The minimum Gasteiger partial charge on any atom is -0.368 e. The van der Waals surface area contributed by atoms with Gasteiger partial charge in [-0.15, -0.1) is 0 Å². The Bertz CT molecular complexity index is 328. The first-order valence-electron chi connectivity index (χ1n) is 4.58. The average Bonchev–Trinajstić information content (AvgIpc) is 2.47. The second-order valence-corrected chi connectivity index (χ2v) is 3.95. The van der Waals surface area contributed by atoms with Crippen molar-refractivity contribution in [2.45, 2.75) is 25.9 Å². The van der Waals surface area contributed by atoms with Crippen LogP contribution in [0.5, 0.6) is 0 Å². The molecule has 1 aromatic rings. The number of nitrogens with zero attached hydrogens (tertiary/aromatic N) is 1. The van der Waals surface area contributed by atoms with Crippen molar-refractivity contribution in [1.82, 2.24) is 9.88 Å². The molecule has 4 nitrogen and oxygen atoms in total. The molecule has 0 bridgehead atoms. The van der Waals surface area contributed by atoms with Crippen molar-refractivity contribution >= 4 is 5.91 Å². The lowest BCUT2D eigenvalue weighted by Crippen LogP contribution is -2.50. The van der Waals surface area contributed by atoms with Crippen LogP contribution >= 0.6 is 0 Å². The van der Waals surface area contributed by atoms with Crippen LogP contribution < -0.4 is 11.1 Å². The van der Waals surface area contributed by atoms with Gasteiger partial charge in [0.05, 0.1) is 5.54 Å². The number of rotatable bonds is 4. The summed E-state index contributed by atoms with van der Waals surface area (Å²) in [4.78, 5) is 11.0. The number of hydrogen-bond donors (Lipinski definition) is 2. The Morgan fingerprint density at radius 3 is 2.71 bits per heavy atom. The van der Waals surface area contributed by atoms with Crippen LogP contribution in [0.2, 0.25) is 0 Å². The minimum atomic E-state index is -0.662. The van der Waals surface area contributed by atoms with Gasteiger partial charge < -0.3 is 10.3 Å². The molecule has 78 valence electrons. The third-order valence-electron chi connectivity index (χ3n) is 2.38. The molecule has 4 heteroatoms. The number of amides is 1. The Kier molecular flexibility index (Phi) is 2.96. The van der Waals surface area contributed by atoms with Gasteiger partial charge in [-0.2, -0.15) is 0 Å². The van der Waals surface area contributed by atoms with Gasteiger partial charge in [0.25, 0.3) is 0 Å². The number of carbonyl (C=O) groups excluding carboxylic acids is 1. The molecule has 0 atom stereocenters. The fourth-order valence-electron chi connectivity index (χ4n) is 1.08. The van der Waals surface area contributed by atoms with Gasteiger partial charge >= 0.3 is 0 Å². The summed E-state index contributed by atoms with van der Waals surface area (Å²) in [5.41, 5.74) is 5.70. The average molecular weight is 195 g/mol. The van der Waals surface area contributed by atoms with Crippen LogP contribution in [0.3, 0.4) is 0 Å². The van der Waals surface area contributed by atoms with E-state index in [4.69, 9.17) is 5.73 Å². The number of aryl methyl sites for hydroxylation is 1. The summed E-state index contributed by atoms with van der Waals surface area (Å²) in [6.45, 7) is 4.19. The normalized spacial score (nSPS) is 11.6. The molecule has 3 N–H and O–H groups in total. The highest BCUT2D eigenvalue weighted by atomic mass is 16.1. The van der Waals surface area contributed by atoms with E-state index in [-0.39, 0.29) is 5.91 Å². The van der Waals surface area contributed by atoms with Crippen LogP contribution in [-0.4, -0.2) is 16.0 Å². The molecule has 1 heterocycles. The molecule has 0 aliphatic heterocycles. The van der Waals surface area contributed by atoms with E-state index in [0.29, 0.717) is 6.54 Å². The Balaban J connectivity index is 2.57. The number of nitrogens with one attached hydrogen (secondary N) is 1. The maximum atomic E-state index is 11.0. The van der Waals surface area contributed by atoms with E-state index in [1.807, 2.05) is 29.9 Å². The third-order valence-corrected chi connectivity index (χ3v) is 2.38. The topological polar surface area (TPSA) is 60.1 Å². The van der Waals surface area contributed by atoms with E-state index in [0.717, 1.165) is 5.69 Å². The second kappa shape index (κ2) is 3.84. The highest BCUT2D eigenvalue weighted by Crippen LogP contribution is 2.04. The quantitative estimate of drug-likeness (QED) is 0.729. The maximum Gasteiger partial charge on any atom is 0.237 e. The summed E-state index contributed by atoms with van der Waals surface area (Å²) < 4.78 is 2.00. The second-order valence-electron chi connectivity index (χ2n) is 3.95. The standard InChI is InChI=1S/C10H17N3O/c1-10(2,9(11)14)12-7-8-5-4-6-13(8)3/h4-6,12H,7H2,1-3H3,(H2,11,14). The van der Waals surface area contributed by atoms with Crippen LogP contribution in [0.4, 0.5) is 0 Å². The van der Waals surface area contributed by atoms with Crippen LogP contribution in [0.25, 0.3) is 0 Å². The van der Waals surface area contributed by atoms with E-state index in [1.54, 1.807) is 13.8 Å². The molecule has 14 heavy (non-hydrogen) atoms. The summed E-state index contributed by atoms with van der Waals surface area (Å²) in [6.07, 6.45) is 1.97. The summed E-state index contributed by atoms with van der Waals surface area (Å²) in [5.74, 6) is -0.341. The Morgan fingerprint density at radius 2 is 2.29 bits per heavy atom. The number of nitrogens with two attached hydrogens (primary N) is 1. The first-order valence-corrected chi connectivity index (χ1v) is 4.58. The van der Waals surface area contributed by atoms with Crippen molar-refractivity contribution in [3.63, 3.8) is 0 Å². The molecule has 0 spiro atoms.